The first-order chi connectivity index (χ1) is 6.20. The van der Waals surface area contributed by atoms with Gasteiger partial charge in [0.05, 0.1) is 17.9 Å². The molecule has 2 atom stereocenters. The summed E-state index contributed by atoms with van der Waals surface area (Å²) in [7, 11) is 1.89. The average molecular weight is 180 g/mol. The van der Waals surface area contributed by atoms with Crippen LogP contribution in [0.5, 0.6) is 0 Å². The summed E-state index contributed by atoms with van der Waals surface area (Å²) in [5.74, 6) is 1.38. The molecule has 0 amide bonds. The molecule has 1 aliphatic rings. The Morgan fingerprint density at radius 3 is 2.77 bits per heavy atom. The van der Waals surface area contributed by atoms with Gasteiger partial charge < -0.3 is 5.73 Å². The molecule has 0 bridgehead atoms. The maximum atomic E-state index is 6.12. The topological polar surface area (TPSA) is 56.7 Å². The van der Waals surface area contributed by atoms with Crippen molar-refractivity contribution in [1.29, 1.82) is 0 Å². The van der Waals surface area contributed by atoms with Crippen molar-refractivity contribution in [3.63, 3.8) is 0 Å². The second-order valence-corrected chi connectivity index (χ2v) is 4.00. The van der Waals surface area contributed by atoms with E-state index in [1.165, 1.54) is 12.8 Å². The fourth-order valence-electron chi connectivity index (χ4n) is 1.78. The molecule has 1 saturated carbocycles. The summed E-state index contributed by atoms with van der Waals surface area (Å²) in [5, 5.41) is 7.72. The van der Waals surface area contributed by atoms with Crippen molar-refractivity contribution in [2.75, 3.05) is 0 Å². The van der Waals surface area contributed by atoms with E-state index in [9.17, 15) is 0 Å². The van der Waals surface area contributed by atoms with Crippen molar-refractivity contribution in [3.8, 4) is 0 Å². The fourth-order valence-corrected chi connectivity index (χ4v) is 1.78. The highest BCUT2D eigenvalue weighted by Crippen LogP contribution is 2.41. The number of nitrogens with zero attached hydrogens (tertiary/aromatic N) is 3. The van der Waals surface area contributed by atoms with Crippen LogP contribution in [0.25, 0.3) is 0 Å². The summed E-state index contributed by atoms with van der Waals surface area (Å²) >= 11 is 0. The van der Waals surface area contributed by atoms with Crippen molar-refractivity contribution in [2.45, 2.75) is 25.8 Å². The van der Waals surface area contributed by atoms with Gasteiger partial charge in [0.1, 0.15) is 0 Å². The summed E-state index contributed by atoms with van der Waals surface area (Å²) in [5.41, 5.74) is 7.16. The second kappa shape index (κ2) is 3.10. The summed E-state index contributed by atoms with van der Waals surface area (Å²) in [6.07, 6.45) is 4.43. The van der Waals surface area contributed by atoms with E-state index < -0.39 is 0 Å². The van der Waals surface area contributed by atoms with Gasteiger partial charge in [-0.1, -0.05) is 12.1 Å². The zero-order chi connectivity index (χ0) is 9.42. The van der Waals surface area contributed by atoms with Crippen molar-refractivity contribution < 1.29 is 0 Å². The van der Waals surface area contributed by atoms with Crippen LogP contribution in [0.15, 0.2) is 6.20 Å². The van der Waals surface area contributed by atoms with Crippen LogP contribution in [0.2, 0.25) is 0 Å². The summed E-state index contributed by atoms with van der Waals surface area (Å²) < 4.78 is 1.77. The molecule has 2 N–H and O–H groups in total. The van der Waals surface area contributed by atoms with Crippen LogP contribution in [0.3, 0.4) is 0 Å². The molecule has 0 saturated heterocycles. The van der Waals surface area contributed by atoms with E-state index in [4.69, 9.17) is 5.73 Å². The van der Waals surface area contributed by atoms with Crippen LogP contribution >= 0.6 is 0 Å². The van der Waals surface area contributed by atoms with Gasteiger partial charge in [-0.15, -0.1) is 5.10 Å². The Kier molecular flexibility index (Phi) is 2.07. The Morgan fingerprint density at radius 1 is 1.62 bits per heavy atom. The van der Waals surface area contributed by atoms with Crippen LogP contribution in [-0.4, -0.2) is 15.0 Å². The lowest BCUT2D eigenvalue weighted by atomic mass is 9.95. The van der Waals surface area contributed by atoms with Gasteiger partial charge in [0.2, 0.25) is 0 Å². The van der Waals surface area contributed by atoms with Crippen molar-refractivity contribution in [2.24, 2.45) is 24.6 Å². The SMILES string of the molecule is CC(C1CC1)C(N)c1cnnn1C. The number of aryl methyl sites for hydroxylation is 1. The Morgan fingerprint density at radius 2 is 2.31 bits per heavy atom. The van der Waals surface area contributed by atoms with Gasteiger partial charge in [0, 0.05) is 7.05 Å². The van der Waals surface area contributed by atoms with Gasteiger partial charge in [-0.05, 0) is 24.7 Å². The van der Waals surface area contributed by atoms with Gasteiger partial charge in [0.15, 0.2) is 0 Å². The molecule has 1 aliphatic carbocycles. The fraction of sp³-hybridized carbons (Fsp3) is 0.778. The molecule has 0 radical (unpaired) electrons. The third-order valence-electron chi connectivity index (χ3n) is 3.02. The van der Waals surface area contributed by atoms with Crippen LogP contribution in [0, 0.1) is 11.8 Å². The van der Waals surface area contributed by atoms with Crippen LogP contribution in [0.1, 0.15) is 31.5 Å². The Labute approximate surface area is 78.1 Å². The van der Waals surface area contributed by atoms with Crippen LogP contribution in [0.4, 0.5) is 0 Å². The molecule has 1 aromatic rings. The maximum Gasteiger partial charge on any atom is 0.0753 e. The van der Waals surface area contributed by atoms with E-state index in [0.717, 1.165) is 11.6 Å². The molecular formula is C9H16N4. The number of nitrogens with two attached hydrogens (primary N) is 1. The van der Waals surface area contributed by atoms with E-state index in [1.807, 2.05) is 7.05 Å². The Bertz CT molecular complexity index is 290. The summed E-state index contributed by atoms with van der Waals surface area (Å²) in [4.78, 5) is 0. The Hall–Kier alpha value is -0.900. The van der Waals surface area contributed by atoms with Crippen molar-refractivity contribution >= 4 is 0 Å². The number of hydrogen-bond acceptors (Lipinski definition) is 3. The zero-order valence-corrected chi connectivity index (χ0v) is 8.14. The predicted octanol–water partition coefficient (Wildman–Crippen LogP) is 0.861. The first-order valence-electron chi connectivity index (χ1n) is 4.80. The normalized spacial score (nSPS) is 21.5. The molecule has 1 heterocycles. The van der Waals surface area contributed by atoms with E-state index in [-0.39, 0.29) is 6.04 Å². The Balaban J connectivity index is 2.11. The van der Waals surface area contributed by atoms with Gasteiger partial charge in [0.25, 0.3) is 0 Å². The number of hydrogen-bond donors (Lipinski definition) is 1. The highest BCUT2D eigenvalue weighted by Gasteiger charge is 2.33. The van der Waals surface area contributed by atoms with Crippen LogP contribution in [-0.2, 0) is 7.05 Å². The van der Waals surface area contributed by atoms with Gasteiger partial charge in [-0.25, -0.2) is 0 Å². The standard InChI is InChI=1S/C9H16N4/c1-6(7-3-4-7)9(10)8-5-11-12-13(8)2/h5-7,9H,3-4,10H2,1-2H3. The van der Waals surface area contributed by atoms with E-state index in [1.54, 1.807) is 10.9 Å². The summed E-state index contributed by atoms with van der Waals surface area (Å²) in [6.45, 7) is 2.22. The molecule has 4 nitrogen and oxygen atoms in total. The van der Waals surface area contributed by atoms with Crippen molar-refractivity contribution in [3.05, 3.63) is 11.9 Å². The van der Waals surface area contributed by atoms with Gasteiger partial charge in [-0.3, -0.25) is 4.68 Å². The van der Waals surface area contributed by atoms with E-state index in [0.29, 0.717) is 5.92 Å². The summed E-state index contributed by atoms with van der Waals surface area (Å²) in [6, 6.07) is 0.0903. The molecule has 1 aromatic heterocycles. The minimum absolute atomic E-state index is 0.0903. The van der Waals surface area contributed by atoms with E-state index in [2.05, 4.69) is 17.2 Å². The molecule has 4 heteroatoms. The number of rotatable bonds is 3. The van der Waals surface area contributed by atoms with Gasteiger partial charge in [-0.2, -0.15) is 0 Å². The highest BCUT2D eigenvalue weighted by molar-refractivity contribution is 5.04. The molecule has 72 valence electrons. The quantitative estimate of drug-likeness (QED) is 0.750. The molecule has 13 heavy (non-hydrogen) atoms. The molecule has 2 rings (SSSR count). The molecular weight excluding hydrogens is 164 g/mol. The minimum Gasteiger partial charge on any atom is -0.322 e. The average Bonchev–Trinajstić information content (AvgIpc) is 2.87. The largest absolute Gasteiger partial charge is 0.322 e. The highest BCUT2D eigenvalue weighted by atomic mass is 15.4. The molecule has 0 aliphatic heterocycles. The third-order valence-corrected chi connectivity index (χ3v) is 3.02. The first kappa shape index (κ1) is 8.69. The maximum absolute atomic E-state index is 6.12. The minimum atomic E-state index is 0.0903. The van der Waals surface area contributed by atoms with Crippen molar-refractivity contribution in [1.82, 2.24) is 15.0 Å². The molecule has 0 aromatic carbocycles. The molecule has 0 spiro atoms. The molecule has 2 unspecified atom stereocenters. The lowest BCUT2D eigenvalue weighted by Gasteiger charge is -2.18. The third kappa shape index (κ3) is 1.58. The second-order valence-electron chi connectivity index (χ2n) is 4.00. The first-order valence-corrected chi connectivity index (χ1v) is 4.80. The lowest BCUT2D eigenvalue weighted by Crippen LogP contribution is -2.23. The van der Waals surface area contributed by atoms with E-state index >= 15 is 0 Å². The lowest BCUT2D eigenvalue weighted by molar-refractivity contribution is 0.398. The zero-order valence-electron chi connectivity index (χ0n) is 8.14. The smallest absolute Gasteiger partial charge is 0.0753 e. The predicted molar refractivity (Wildman–Crippen MR) is 49.8 cm³/mol. The van der Waals surface area contributed by atoms with Gasteiger partial charge >= 0.3 is 0 Å². The van der Waals surface area contributed by atoms with Crippen LogP contribution < -0.4 is 5.73 Å². The number of aromatic nitrogens is 3. The monoisotopic (exact) mass is 180 g/mol. The molecule has 1 fully saturated rings.